The van der Waals surface area contributed by atoms with E-state index in [1.54, 1.807) is 19.1 Å². The summed E-state index contributed by atoms with van der Waals surface area (Å²) in [5.41, 5.74) is 0.173. The van der Waals surface area contributed by atoms with Crippen molar-refractivity contribution < 1.29 is 32.2 Å². The zero-order chi connectivity index (χ0) is 24.9. The molecule has 0 fully saturated rings. The minimum Gasteiger partial charge on any atom is -0.493 e. The lowest BCUT2D eigenvalue weighted by Crippen LogP contribution is -2.27. The normalized spacial score (nSPS) is 12.0. The van der Waals surface area contributed by atoms with E-state index in [4.69, 9.17) is 14.2 Å². The number of methoxy groups -OCH3 is 3. The molecule has 0 saturated carbocycles. The Labute approximate surface area is 193 Å². The van der Waals surface area contributed by atoms with Crippen LogP contribution in [0.3, 0.4) is 0 Å². The number of nitrogens with one attached hydrogen (secondary N) is 2. The Kier molecular flexibility index (Phi) is 7.39. The van der Waals surface area contributed by atoms with Gasteiger partial charge >= 0.3 is 6.18 Å². The molecule has 12 heteroatoms. The number of hydrogen-bond donors (Lipinski definition) is 2. The lowest BCUT2D eigenvalue weighted by molar-refractivity contribution is -0.137. The Balaban J connectivity index is 1.68. The van der Waals surface area contributed by atoms with Crippen molar-refractivity contribution in [1.82, 2.24) is 20.5 Å². The molecule has 1 aromatic heterocycles. The van der Waals surface area contributed by atoms with Crippen LogP contribution in [0.4, 0.5) is 24.8 Å². The van der Waals surface area contributed by atoms with Crippen molar-refractivity contribution in [1.29, 1.82) is 0 Å². The average Bonchev–Trinajstić information content (AvgIpc) is 2.83. The van der Waals surface area contributed by atoms with Gasteiger partial charge in [-0.05, 0) is 31.2 Å². The van der Waals surface area contributed by atoms with Gasteiger partial charge < -0.3 is 24.8 Å². The molecule has 0 aliphatic rings. The first-order chi connectivity index (χ1) is 16.2. The molecule has 3 rings (SSSR count). The first-order valence-electron chi connectivity index (χ1n) is 9.91. The molecule has 1 heterocycles. The first kappa shape index (κ1) is 24.6. The van der Waals surface area contributed by atoms with Gasteiger partial charge in [0.1, 0.15) is 5.69 Å². The topological polar surface area (TPSA) is 107 Å². The van der Waals surface area contributed by atoms with E-state index in [1.165, 1.54) is 27.5 Å². The summed E-state index contributed by atoms with van der Waals surface area (Å²) in [5, 5.41) is 13.7. The number of aromatic nitrogens is 3. The Morgan fingerprint density at radius 1 is 0.971 bits per heavy atom. The second-order valence-electron chi connectivity index (χ2n) is 7.02. The summed E-state index contributed by atoms with van der Waals surface area (Å²) in [4.78, 5) is 16.6. The van der Waals surface area contributed by atoms with Crippen LogP contribution in [0, 0.1) is 0 Å². The second kappa shape index (κ2) is 10.2. The van der Waals surface area contributed by atoms with Crippen molar-refractivity contribution in [3.05, 3.63) is 59.4 Å². The van der Waals surface area contributed by atoms with Gasteiger partial charge in [-0.3, -0.25) is 4.79 Å². The quantitative estimate of drug-likeness (QED) is 0.498. The zero-order valence-electron chi connectivity index (χ0n) is 18.7. The fourth-order valence-corrected chi connectivity index (χ4v) is 2.99. The standard InChI is InChI=1S/C22H22F3N5O4/c1-12(27-20(31)13-5-7-14(8-6-13)22(23,24)25)16-11-26-21(30-29-16)28-15-9-17(32-2)19(34-4)18(10-15)33-3/h5-12H,1-4H3,(H,27,31)(H,26,28,30). The number of carbonyl (C=O) groups is 1. The van der Waals surface area contributed by atoms with Crippen molar-refractivity contribution >= 4 is 17.5 Å². The lowest BCUT2D eigenvalue weighted by atomic mass is 10.1. The predicted octanol–water partition coefficient (Wildman–Crippen LogP) is 4.15. The summed E-state index contributed by atoms with van der Waals surface area (Å²) < 4.78 is 54.0. The molecular formula is C22H22F3N5O4. The summed E-state index contributed by atoms with van der Waals surface area (Å²) in [6.45, 7) is 1.65. The summed E-state index contributed by atoms with van der Waals surface area (Å²) in [7, 11) is 4.49. The van der Waals surface area contributed by atoms with Crippen LogP contribution < -0.4 is 24.8 Å². The van der Waals surface area contributed by atoms with Gasteiger partial charge in [-0.15, -0.1) is 10.2 Å². The van der Waals surface area contributed by atoms with Crippen molar-refractivity contribution in [2.24, 2.45) is 0 Å². The maximum absolute atomic E-state index is 12.7. The predicted molar refractivity (Wildman–Crippen MR) is 117 cm³/mol. The highest BCUT2D eigenvalue weighted by molar-refractivity contribution is 5.94. The van der Waals surface area contributed by atoms with Crippen LogP contribution in [0.25, 0.3) is 0 Å². The average molecular weight is 477 g/mol. The molecule has 2 N–H and O–H groups in total. The Morgan fingerprint density at radius 2 is 1.59 bits per heavy atom. The number of amides is 1. The molecule has 0 saturated heterocycles. The molecule has 1 unspecified atom stereocenters. The third kappa shape index (κ3) is 5.63. The summed E-state index contributed by atoms with van der Waals surface area (Å²) in [6, 6.07) is 6.68. The fraction of sp³-hybridized carbons (Fsp3) is 0.273. The Bertz CT molecular complexity index is 1110. The minimum absolute atomic E-state index is 0.0847. The van der Waals surface area contributed by atoms with E-state index in [0.717, 1.165) is 24.3 Å². The second-order valence-corrected chi connectivity index (χ2v) is 7.02. The van der Waals surface area contributed by atoms with E-state index < -0.39 is 23.7 Å². The number of halogens is 3. The third-order valence-corrected chi connectivity index (χ3v) is 4.77. The number of rotatable bonds is 8. The molecule has 0 bridgehead atoms. The van der Waals surface area contributed by atoms with Crippen molar-refractivity contribution in [3.8, 4) is 17.2 Å². The van der Waals surface area contributed by atoms with Crippen molar-refractivity contribution in [2.75, 3.05) is 26.6 Å². The SMILES string of the molecule is COc1cc(Nc2ncc(C(C)NC(=O)c3ccc(C(F)(F)F)cc3)nn2)cc(OC)c1OC. The van der Waals surface area contributed by atoms with Gasteiger partial charge in [0.05, 0.1) is 39.1 Å². The molecule has 3 aromatic rings. The van der Waals surface area contributed by atoms with E-state index >= 15 is 0 Å². The van der Waals surface area contributed by atoms with Crippen LogP contribution >= 0.6 is 0 Å². The smallest absolute Gasteiger partial charge is 0.416 e. The molecule has 0 aliphatic carbocycles. The molecule has 0 radical (unpaired) electrons. The third-order valence-electron chi connectivity index (χ3n) is 4.77. The Hall–Kier alpha value is -4.09. The van der Waals surface area contributed by atoms with Crippen LogP contribution in [0.15, 0.2) is 42.6 Å². The number of ether oxygens (including phenoxy) is 3. The van der Waals surface area contributed by atoms with E-state index in [9.17, 15) is 18.0 Å². The van der Waals surface area contributed by atoms with Crippen LogP contribution in [-0.2, 0) is 6.18 Å². The first-order valence-corrected chi connectivity index (χ1v) is 9.91. The molecular weight excluding hydrogens is 455 g/mol. The highest BCUT2D eigenvalue weighted by Crippen LogP contribution is 2.40. The van der Waals surface area contributed by atoms with E-state index in [2.05, 4.69) is 25.8 Å². The van der Waals surface area contributed by atoms with Gasteiger partial charge in [-0.1, -0.05) is 0 Å². The van der Waals surface area contributed by atoms with E-state index in [1.807, 2.05) is 0 Å². The van der Waals surface area contributed by atoms with Gasteiger partial charge in [-0.2, -0.15) is 13.2 Å². The van der Waals surface area contributed by atoms with E-state index in [0.29, 0.717) is 28.6 Å². The zero-order valence-corrected chi connectivity index (χ0v) is 18.7. The fourth-order valence-electron chi connectivity index (χ4n) is 2.99. The maximum atomic E-state index is 12.7. The number of carbonyl (C=O) groups excluding carboxylic acids is 1. The van der Waals surface area contributed by atoms with Gasteiger partial charge in [-0.25, -0.2) is 4.98 Å². The van der Waals surface area contributed by atoms with Gasteiger partial charge in [0, 0.05) is 23.4 Å². The number of anilines is 2. The van der Waals surface area contributed by atoms with Gasteiger partial charge in [0.2, 0.25) is 11.7 Å². The van der Waals surface area contributed by atoms with Crippen molar-refractivity contribution in [2.45, 2.75) is 19.1 Å². The molecule has 0 aliphatic heterocycles. The van der Waals surface area contributed by atoms with Gasteiger partial charge in [0.25, 0.3) is 5.91 Å². The highest BCUT2D eigenvalue weighted by atomic mass is 19.4. The summed E-state index contributed by atoms with van der Waals surface area (Å²) in [6.07, 6.45) is -3.05. The highest BCUT2D eigenvalue weighted by Gasteiger charge is 2.30. The monoisotopic (exact) mass is 477 g/mol. The van der Waals surface area contributed by atoms with Crippen molar-refractivity contribution in [3.63, 3.8) is 0 Å². The van der Waals surface area contributed by atoms with Crippen LogP contribution in [0.1, 0.15) is 34.6 Å². The van der Waals surface area contributed by atoms with Crippen LogP contribution in [0.5, 0.6) is 17.2 Å². The molecule has 1 atom stereocenters. The summed E-state index contributed by atoms with van der Waals surface area (Å²) in [5.74, 6) is 0.937. The number of nitrogens with zero attached hydrogens (tertiary/aromatic N) is 3. The number of benzene rings is 2. The Morgan fingerprint density at radius 3 is 2.06 bits per heavy atom. The number of hydrogen-bond acceptors (Lipinski definition) is 8. The molecule has 2 aromatic carbocycles. The van der Waals surface area contributed by atoms with E-state index in [-0.39, 0.29) is 11.5 Å². The summed E-state index contributed by atoms with van der Waals surface area (Å²) >= 11 is 0. The largest absolute Gasteiger partial charge is 0.493 e. The molecule has 1 amide bonds. The lowest BCUT2D eigenvalue weighted by Gasteiger charge is -2.15. The molecule has 34 heavy (non-hydrogen) atoms. The molecule has 0 spiro atoms. The maximum Gasteiger partial charge on any atom is 0.416 e. The minimum atomic E-state index is -4.47. The van der Waals surface area contributed by atoms with Crippen LogP contribution in [-0.4, -0.2) is 42.4 Å². The van der Waals surface area contributed by atoms with Gasteiger partial charge in [0.15, 0.2) is 11.5 Å². The number of alkyl halides is 3. The molecule has 9 nitrogen and oxygen atoms in total. The molecule has 180 valence electrons. The van der Waals surface area contributed by atoms with Crippen LogP contribution in [0.2, 0.25) is 0 Å².